The van der Waals surface area contributed by atoms with Gasteiger partial charge in [-0.15, -0.1) is 0 Å². The van der Waals surface area contributed by atoms with Crippen LogP contribution in [0.2, 0.25) is 0 Å². The number of aliphatic imine (C=N–C) groups is 1. The van der Waals surface area contributed by atoms with Crippen LogP contribution in [0.15, 0.2) is 53.5 Å². The number of aliphatic hydroxyl groups is 1. The second-order valence-electron chi connectivity index (χ2n) is 6.05. The summed E-state index contributed by atoms with van der Waals surface area (Å²) < 4.78 is 6.10. The lowest BCUT2D eigenvalue weighted by Crippen LogP contribution is -2.49. The first-order valence-electron chi connectivity index (χ1n) is 8.38. The van der Waals surface area contributed by atoms with E-state index in [1.54, 1.807) is 0 Å². The molecule has 1 fully saturated rings. The standard InChI is InChI=1S/C19H21N3O2/c23-14-13-21-9-11-22(12-10-21)19-15-5-1-3-7-17(15)24-18-8-4-2-6-16(18)20-19/h1-8,23H,9-14H2. The van der Waals surface area contributed by atoms with Gasteiger partial charge in [0.15, 0.2) is 5.75 Å². The SMILES string of the molecule is OCCN1CCN(C2=Nc3ccccc3Oc3ccccc32)CC1. The zero-order chi connectivity index (χ0) is 16.4. The van der Waals surface area contributed by atoms with Crippen molar-refractivity contribution in [3.05, 3.63) is 54.1 Å². The molecule has 0 unspecified atom stereocenters. The molecule has 5 nitrogen and oxygen atoms in total. The molecule has 124 valence electrons. The third-order valence-electron chi connectivity index (χ3n) is 4.53. The lowest BCUT2D eigenvalue weighted by atomic mass is 10.1. The quantitative estimate of drug-likeness (QED) is 0.922. The maximum absolute atomic E-state index is 9.11. The fourth-order valence-electron chi connectivity index (χ4n) is 3.23. The van der Waals surface area contributed by atoms with Crippen LogP contribution in [0.5, 0.6) is 11.5 Å². The Balaban J connectivity index is 1.69. The summed E-state index contributed by atoms with van der Waals surface area (Å²) in [5.74, 6) is 2.61. The number of hydrogen-bond acceptors (Lipinski definition) is 5. The molecule has 0 bridgehead atoms. The summed E-state index contributed by atoms with van der Waals surface area (Å²) in [6, 6.07) is 16.0. The number of fused-ring (bicyclic) bond motifs is 2. The Morgan fingerprint density at radius 3 is 2.42 bits per heavy atom. The van der Waals surface area contributed by atoms with Crippen LogP contribution in [0.3, 0.4) is 0 Å². The molecule has 2 aliphatic heterocycles. The summed E-state index contributed by atoms with van der Waals surface area (Å²) in [7, 11) is 0. The van der Waals surface area contributed by atoms with Gasteiger partial charge in [0.25, 0.3) is 0 Å². The third-order valence-corrected chi connectivity index (χ3v) is 4.53. The van der Waals surface area contributed by atoms with Gasteiger partial charge < -0.3 is 14.7 Å². The number of piperazine rings is 1. The molecule has 5 heteroatoms. The zero-order valence-corrected chi connectivity index (χ0v) is 13.6. The maximum Gasteiger partial charge on any atom is 0.153 e. The molecule has 1 N–H and O–H groups in total. The van der Waals surface area contributed by atoms with E-state index in [1.807, 2.05) is 42.5 Å². The minimum absolute atomic E-state index is 0.213. The van der Waals surface area contributed by atoms with Crippen LogP contribution in [0.4, 0.5) is 5.69 Å². The summed E-state index contributed by atoms with van der Waals surface area (Å²) in [5.41, 5.74) is 1.89. The van der Waals surface area contributed by atoms with Gasteiger partial charge in [0.2, 0.25) is 0 Å². The van der Waals surface area contributed by atoms with Gasteiger partial charge in [-0.2, -0.15) is 0 Å². The first kappa shape index (κ1) is 15.2. The lowest BCUT2D eigenvalue weighted by Gasteiger charge is -2.36. The first-order chi connectivity index (χ1) is 11.8. The molecular formula is C19H21N3O2. The normalized spacial score (nSPS) is 17.4. The Labute approximate surface area is 141 Å². The molecule has 4 rings (SSSR count). The maximum atomic E-state index is 9.11. The zero-order valence-electron chi connectivity index (χ0n) is 13.6. The van der Waals surface area contributed by atoms with Crippen LogP contribution in [-0.4, -0.2) is 60.1 Å². The number of β-amino-alcohol motifs (C(OH)–C–C–N with tert-alkyl or cyclic N) is 1. The molecule has 0 amide bonds. The number of aliphatic hydroxyl groups excluding tert-OH is 1. The second kappa shape index (κ2) is 6.63. The van der Waals surface area contributed by atoms with E-state index in [1.165, 1.54) is 0 Å². The van der Waals surface area contributed by atoms with Crippen LogP contribution < -0.4 is 4.74 Å². The van der Waals surface area contributed by atoms with Crippen molar-refractivity contribution in [2.24, 2.45) is 4.99 Å². The van der Waals surface area contributed by atoms with E-state index < -0.39 is 0 Å². The average molecular weight is 323 g/mol. The molecule has 0 spiro atoms. The number of rotatable bonds is 2. The van der Waals surface area contributed by atoms with Gasteiger partial charge in [-0.3, -0.25) is 4.90 Å². The minimum atomic E-state index is 0.213. The number of para-hydroxylation sites is 3. The Morgan fingerprint density at radius 1 is 0.917 bits per heavy atom. The summed E-state index contributed by atoms with van der Waals surface area (Å²) >= 11 is 0. The van der Waals surface area contributed by atoms with E-state index in [0.717, 1.165) is 61.3 Å². The Hall–Kier alpha value is -2.37. The van der Waals surface area contributed by atoms with Gasteiger partial charge >= 0.3 is 0 Å². The van der Waals surface area contributed by atoms with Crippen LogP contribution in [0.25, 0.3) is 0 Å². The van der Waals surface area contributed by atoms with E-state index >= 15 is 0 Å². The Kier molecular flexibility index (Phi) is 4.19. The summed E-state index contributed by atoms with van der Waals surface area (Å²) in [6.07, 6.45) is 0. The Morgan fingerprint density at radius 2 is 1.62 bits per heavy atom. The van der Waals surface area contributed by atoms with E-state index in [2.05, 4.69) is 15.9 Å². The average Bonchev–Trinajstić information content (AvgIpc) is 2.79. The van der Waals surface area contributed by atoms with Crippen LogP contribution in [-0.2, 0) is 0 Å². The molecule has 2 aromatic rings. The number of amidine groups is 1. The smallest absolute Gasteiger partial charge is 0.153 e. The van der Waals surface area contributed by atoms with E-state index in [0.29, 0.717) is 0 Å². The number of hydrogen-bond donors (Lipinski definition) is 1. The van der Waals surface area contributed by atoms with Gasteiger partial charge in [0, 0.05) is 32.7 Å². The van der Waals surface area contributed by atoms with Crippen molar-refractivity contribution < 1.29 is 9.84 Å². The van der Waals surface area contributed by atoms with Crippen molar-refractivity contribution in [2.75, 3.05) is 39.3 Å². The van der Waals surface area contributed by atoms with Gasteiger partial charge in [-0.1, -0.05) is 24.3 Å². The molecule has 2 heterocycles. The number of benzene rings is 2. The van der Waals surface area contributed by atoms with E-state index in [-0.39, 0.29) is 6.61 Å². The van der Waals surface area contributed by atoms with Crippen molar-refractivity contribution in [3.8, 4) is 11.5 Å². The van der Waals surface area contributed by atoms with Crippen molar-refractivity contribution in [1.29, 1.82) is 0 Å². The summed E-state index contributed by atoms with van der Waals surface area (Å²) in [4.78, 5) is 9.52. The van der Waals surface area contributed by atoms with Crippen LogP contribution >= 0.6 is 0 Å². The van der Waals surface area contributed by atoms with Crippen LogP contribution in [0.1, 0.15) is 5.56 Å². The molecule has 0 aromatic heterocycles. The highest BCUT2D eigenvalue weighted by Crippen LogP contribution is 2.37. The molecule has 0 aliphatic carbocycles. The predicted molar refractivity (Wildman–Crippen MR) is 94.3 cm³/mol. The molecule has 24 heavy (non-hydrogen) atoms. The fraction of sp³-hybridized carbons (Fsp3) is 0.316. The minimum Gasteiger partial charge on any atom is -0.454 e. The van der Waals surface area contributed by atoms with Gasteiger partial charge in [-0.05, 0) is 24.3 Å². The second-order valence-corrected chi connectivity index (χ2v) is 6.05. The van der Waals surface area contributed by atoms with Crippen molar-refractivity contribution in [3.63, 3.8) is 0 Å². The van der Waals surface area contributed by atoms with Crippen LogP contribution in [0, 0.1) is 0 Å². The highest BCUT2D eigenvalue weighted by atomic mass is 16.5. The van der Waals surface area contributed by atoms with Gasteiger partial charge in [0.05, 0.1) is 12.2 Å². The van der Waals surface area contributed by atoms with E-state index in [9.17, 15) is 0 Å². The first-order valence-corrected chi connectivity index (χ1v) is 8.38. The van der Waals surface area contributed by atoms with Gasteiger partial charge in [-0.25, -0.2) is 4.99 Å². The van der Waals surface area contributed by atoms with Crippen molar-refractivity contribution in [2.45, 2.75) is 0 Å². The molecule has 1 saturated heterocycles. The Bertz CT molecular complexity index is 752. The predicted octanol–water partition coefficient (Wildman–Crippen LogP) is 2.48. The summed E-state index contributed by atoms with van der Waals surface area (Å²) in [6.45, 7) is 4.62. The molecule has 0 radical (unpaired) electrons. The lowest BCUT2D eigenvalue weighted by molar-refractivity contribution is 0.147. The monoisotopic (exact) mass is 323 g/mol. The van der Waals surface area contributed by atoms with E-state index in [4.69, 9.17) is 14.8 Å². The number of ether oxygens (including phenoxy) is 1. The highest BCUT2D eigenvalue weighted by Gasteiger charge is 2.25. The summed E-state index contributed by atoms with van der Waals surface area (Å²) in [5, 5.41) is 9.11. The van der Waals surface area contributed by atoms with Crippen molar-refractivity contribution >= 4 is 11.5 Å². The largest absolute Gasteiger partial charge is 0.454 e. The number of nitrogens with zero attached hydrogens (tertiary/aromatic N) is 3. The third kappa shape index (κ3) is 2.88. The molecular weight excluding hydrogens is 302 g/mol. The highest BCUT2D eigenvalue weighted by molar-refractivity contribution is 6.03. The molecule has 2 aliphatic rings. The van der Waals surface area contributed by atoms with Gasteiger partial charge in [0.1, 0.15) is 17.3 Å². The topological polar surface area (TPSA) is 48.3 Å². The molecule has 0 atom stereocenters. The van der Waals surface area contributed by atoms with Crippen molar-refractivity contribution in [1.82, 2.24) is 9.80 Å². The fourth-order valence-corrected chi connectivity index (χ4v) is 3.23. The molecule has 0 saturated carbocycles. The molecule has 2 aromatic carbocycles.